The lowest BCUT2D eigenvalue weighted by Gasteiger charge is -2.34. The van der Waals surface area contributed by atoms with Crippen LogP contribution in [0.2, 0.25) is 0 Å². The number of pyridine rings is 1. The van der Waals surface area contributed by atoms with Crippen LogP contribution < -0.4 is 15.5 Å². The topological polar surface area (TPSA) is 57.3 Å². The first-order valence-electron chi connectivity index (χ1n) is 7.40. The van der Waals surface area contributed by atoms with Crippen molar-refractivity contribution in [3.05, 3.63) is 24.4 Å². The van der Waals surface area contributed by atoms with Crippen LogP contribution in [-0.4, -0.2) is 42.6 Å². The quantitative estimate of drug-likeness (QED) is 0.847. The van der Waals surface area contributed by atoms with Crippen LogP contribution in [-0.2, 0) is 4.79 Å². The molecule has 1 saturated heterocycles. The molecule has 1 aromatic heterocycles. The molecule has 0 aromatic carbocycles. The van der Waals surface area contributed by atoms with Gasteiger partial charge in [0.25, 0.3) is 0 Å². The Morgan fingerprint density at radius 1 is 1.45 bits per heavy atom. The first kappa shape index (κ1) is 14.8. The number of hydrogen-bond donors (Lipinski definition) is 2. The van der Waals surface area contributed by atoms with Gasteiger partial charge in [-0.2, -0.15) is 0 Å². The number of nitrogens with one attached hydrogen (secondary N) is 2. The molecule has 1 fully saturated rings. The Morgan fingerprint density at radius 2 is 2.20 bits per heavy atom. The highest BCUT2D eigenvalue weighted by molar-refractivity contribution is 5.81. The van der Waals surface area contributed by atoms with Crippen molar-refractivity contribution in [2.24, 2.45) is 0 Å². The largest absolute Gasteiger partial charge is 0.357 e. The van der Waals surface area contributed by atoms with Gasteiger partial charge in [-0.15, -0.1) is 0 Å². The van der Waals surface area contributed by atoms with Gasteiger partial charge in [0.15, 0.2) is 0 Å². The highest BCUT2D eigenvalue weighted by Gasteiger charge is 2.23. The highest BCUT2D eigenvalue weighted by atomic mass is 16.2. The van der Waals surface area contributed by atoms with Crippen molar-refractivity contribution in [3.8, 4) is 0 Å². The number of piperidine rings is 1. The summed E-state index contributed by atoms with van der Waals surface area (Å²) in [5, 5.41) is 6.26. The standard InChI is InChI=1S/C15H24N4O/c1-3-16-15(20)12(2)18-13-7-10-19(11-8-13)14-6-4-5-9-17-14/h4-6,9,12-13,18H,3,7-8,10-11H2,1-2H3,(H,16,20). The van der Waals surface area contributed by atoms with Crippen molar-refractivity contribution in [2.75, 3.05) is 24.5 Å². The SMILES string of the molecule is CCNC(=O)C(C)NC1CCN(c2ccccn2)CC1. The number of hydrogen-bond acceptors (Lipinski definition) is 4. The van der Waals surface area contributed by atoms with E-state index in [0.717, 1.165) is 31.7 Å². The van der Waals surface area contributed by atoms with Crippen molar-refractivity contribution >= 4 is 11.7 Å². The molecule has 0 aliphatic carbocycles. The van der Waals surface area contributed by atoms with Crippen LogP contribution in [0.4, 0.5) is 5.82 Å². The second-order valence-corrected chi connectivity index (χ2v) is 5.23. The lowest BCUT2D eigenvalue weighted by atomic mass is 10.0. The Kier molecular flexibility index (Phi) is 5.35. The molecule has 1 aliphatic heterocycles. The molecule has 1 aromatic rings. The summed E-state index contributed by atoms with van der Waals surface area (Å²) in [7, 11) is 0. The number of aromatic nitrogens is 1. The summed E-state index contributed by atoms with van der Waals surface area (Å²) in [6, 6.07) is 6.29. The smallest absolute Gasteiger partial charge is 0.236 e. The molecule has 5 nitrogen and oxygen atoms in total. The molecule has 2 N–H and O–H groups in total. The molecule has 0 radical (unpaired) electrons. The zero-order chi connectivity index (χ0) is 14.4. The van der Waals surface area contributed by atoms with Gasteiger partial charge in [-0.1, -0.05) is 6.07 Å². The highest BCUT2D eigenvalue weighted by Crippen LogP contribution is 2.17. The fraction of sp³-hybridized carbons (Fsp3) is 0.600. The molecular formula is C15H24N4O. The van der Waals surface area contributed by atoms with Crippen LogP contribution in [0.25, 0.3) is 0 Å². The van der Waals surface area contributed by atoms with E-state index in [1.54, 1.807) is 0 Å². The van der Waals surface area contributed by atoms with E-state index in [2.05, 4.69) is 20.5 Å². The molecule has 1 amide bonds. The second kappa shape index (κ2) is 7.24. The third-order valence-corrected chi connectivity index (χ3v) is 3.70. The average molecular weight is 276 g/mol. The van der Waals surface area contributed by atoms with E-state index >= 15 is 0 Å². The maximum Gasteiger partial charge on any atom is 0.236 e. The minimum absolute atomic E-state index is 0.0830. The zero-order valence-corrected chi connectivity index (χ0v) is 12.3. The Hall–Kier alpha value is -1.62. The van der Waals surface area contributed by atoms with Gasteiger partial charge < -0.3 is 15.5 Å². The molecule has 110 valence electrons. The number of anilines is 1. The Morgan fingerprint density at radius 3 is 2.80 bits per heavy atom. The molecule has 1 unspecified atom stereocenters. The van der Waals surface area contributed by atoms with Crippen molar-refractivity contribution in [3.63, 3.8) is 0 Å². The number of nitrogens with zero attached hydrogens (tertiary/aromatic N) is 2. The lowest BCUT2D eigenvalue weighted by Crippen LogP contribution is -2.50. The van der Waals surface area contributed by atoms with Crippen LogP contribution in [0.15, 0.2) is 24.4 Å². The van der Waals surface area contributed by atoms with Crippen LogP contribution >= 0.6 is 0 Å². The van der Waals surface area contributed by atoms with Gasteiger partial charge in [0.05, 0.1) is 6.04 Å². The summed E-state index contributed by atoms with van der Waals surface area (Å²) in [5.41, 5.74) is 0. The van der Waals surface area contributed by atoms with E-state index in [9.17, 15) is 4.79 Å². The van der Waals surface area contributed by atoms with Gasteiger partial charge in [0.1, 0.15) is 5.82 Å². The monoisotopic (exact) mass is 276 g/mol. The second-order valence-electron chi connectivity index (χ2n) is 5.23. The maximum atomic E-state index is 11.7. The maximum absolute atomic E-state index is 11.7. The lowest BCUT2D eigenvalue weighted by molar-refractivity contribution is -0.122. The van der Waals surface area contributed by atoms with Gasteiger partial charge >= 0.3 is 0 Å². The van der Waals surface area contributed by atoms with Crippen LogP contribution in [0.3, 0.4) is 0 Å². The van der Waals surface area contributed by atoms with E-state index in [1.807, 2.05) is 38.2 Å². The van der Waals surface area contributed by atoms with Gasteiger partial charge in [0.2, 0.25) is 5.91 Å². The van der Waals surface area contributed by atoms with Crippen molar-refractivity contribution in [1.82, 2.24) is 15.6 Å². The van der Waals surface area contributed by atoms with Crippen LogP contribution in [0.1, 0.15) is 26.7 Å². The molecular weight excluding hydrogens is 252 g/mol. The van der Waals surface area contributed by atoms with Gasteiger partial charge in [-0.25, -0.2) is 4.98 Å². The van der Waals surface area contributed by atoms with Gasteiger partial charge in [-0.05, 0) is 38.8 Å². The molecule has 5 heteroatoms. The minimum Gasteiger partial charge on any atom is -0.357 e. The minimum atomic E-state index is -0.124. The van der Waals surface area contributed by atoms with Gasteiger partial charge in [0, 0.05) is 31.9 Å². The first-order valence-corrected chi connectivity index (χ1v) is 7.40. The number of rotatable bonds is 5. The summed E-state index contributed by atoms with van der Waals surface area (Å²) in [6.45, 7) is 6.52. The fourth-order valence-corrected chi connectivity index (χ4v) is 2.57. The van der Waals surface area contributed by atoms with E-state index in [4.69, 9.17) is 0 Å². The number of carbonyl (C=O) groups is 1. The number of likely N-dealkylation sites (N-methyl/N-ethyl adjacent to an activating group) is 1. The summed E-state index contributed by atoms with van der Waals surface area (Å²) in [4.78, 5) is 18.4. The van der Waals surface area contributed by atoms with Crippen molar-refractivity contribution < 1.29 is 4.79 Å². The first-order chi connectivity index (χ1) is 9.70. The molecule has 0 spiro atoms. The molecule has 1 atom stereocenters. The summed E-state index contributed by atoms with van der Waals surface area (Å²) in [6.07, 6.45) is 3.91. The number of carbonyl (C=O) groups excluding carboxylic acids is 1. The van der Waals surface area contributed by atoms with Crippen LogP contribution in [0, 0.1) is 0 Å². The molecule has 1 aliphatic rings. The van der Waals surface area contributed by atoms with E-state index in [-0.39, 0.29) is 11.9 Å². The fourth-order valence-electron chi connectivity index (χ4n) is 2.57. The predicted octanol–water partition coefficient (Wildman–Crippen LogP) is 1.16. The van der Waals surface area contributed by atoms with Crippen molar-refractivity contribution in [2.45, 2.75) is 38.8 Å². The summed E-state index contributed by atoms with van der Waals surface area (Å²) in [5.74, 6) is 1.13. The Bertz CT molecular complexity index is 415. The molecule has 2 rings (SSSR count). The van der Waals surface area contributed by atoms with E-state index in [0.29, 0.717) is 12.6 Å². The Labute approximate surface area is 120 Å². The summed E-state index contributed by atoms with van der Waals surface area (Å²) >= 11 is 0. The average Bonchev–Trinajstić information content (AvgIpc) is 2.49. The number of amides is 1. The van der Waals surface area contributed by atoms with Crippen molar-refractivity contribution in [1.29, 1.82) is 0 Å². The third kappa shape index (κ3) is 3.93. The summed E-state index contributed by atoms with van der Waals surface area (Å²) < 4.78 is 0. The molecule has 20 heavy (non-hydrogen) atoms. The molecule has 0 saturated carbocycles. The Balaban J connectivity index is 1.78. The van der Waals surface area contributed by atoms with Crippen LogP contribution in [0.5, 0.6) is 0 Å². The van der Waals surface area contributed by atoms with E-state index in [1.165, 1.54) is 0 Å². The molecule has 0 bridgehead atoms. The zero-order valence-electron chi connectivity index (χ0n) is 12.3. The normalized spacial score (nSPS) is 17.8. The molecule has 2 heterocycles. The third-order valence-electron chi connectivity index (χ3n) is 3.70. The predicted molar refractivity (Wildman–Crippen MR) is 80.8 cm³/mol. The van der Waals surface area contributed by atoms with Gasteiger partial charge in [-0.3, -0.25) is 4.79 Å². The van der Waals surface area contributed by atoms with E-state index < -0.39 is 0 Å².